The van der Waals surface area contributed by atoms with Gasteiger partial charge in [-0.3, -0.25) is 10.1 Å². The molecule has 0 aliphatic rings. The van der Waals surface area contributed by atoms with E-state index in [0.29, 0.717) is 58.0 Å². The first-order valence-electron chi connectivity index (χ1n) is 11.3. The predicted octanol–water partition coefficient (Wildman–Crippen LogP) is 4.97. The second-order valence-electron chi connectivity index (χ2n) is 7.73. The number of methoxy groups -OCH3 is 3. The van der Waals surface area contributed by atoms with Crippen molar-refractivity contribution in [2.45, 2.75) is 6.10 Å². The van der Waals surface area contributed by atoms with Crippen molar-refractivity contribution in [2.75, 3.05) is 39.9 Å². The van der Waals surface area contributed by atoms with Crippen LogP contribution in [0.5, 0.6) is 23.0 Å². The van der Waals surface area contributed by atoms with E-state index in [1.54, 1.807) is 75.9 Å². The minimum Gasteiger partial charge on any atom is -0.493 e. The molecule has 1 heterocycles. The fourth-order valence-electron chi connectivity index (χ4n) is 3.48. The molecule has 1 amide bonds. The number of thiazole rings is 1. The van der Waals surface area contributed by atoms with Gasteiger partial charge in [-0.05, 0) is 36.4 Å². The predicted molar refractivity (Wildman–Crippen MR) is 140 cm³/mol. The number of amides is 1. The fraction of sp³-hybridized carbons (Fsp3) is 0.222. The SMILES string of the molecule is COCCOc1ccc(C(Oc2ccc(C#N)cc2)C(=O)Nc2nc3cc(OC)c(OC)cc3s2)cc1. The van der Waals surface area contributed by atoms with Gasteiger partial charge >= 0.3 is 0 Å². The topological polar surface area (TPSA) is 112 Å². The van der Waals surface area contributed by atoms with Crippen LogP contribution in [0.3, 0.4) is 0 Å². The molecular weight excluding hydrogens is 494 g/mol. The van der Waals surface area contributed by atoms with E-state index in [2.05, 4.69) is 16.4 Å². The number of benzene rings is 3. The number of aromatic nitrogens is 1. The molecule has 190 valence electrons. The quantitative estimate of drug-likeness (QED) is 0.277. The maximum Gasteiger partial charge on any atom is 0.271 e. The van der Waals surface area contributed by atoms with E-state index in [9.17, 15) is 4.79 Å². The number of nitrogens with zero attached hydrogens (tertiary/aromatic N) is 2. The summed E-state index contributed by atoms with van der Waals surface area (Å²) in [4.78, 5) is 18.0. The monoisotopic (exact) mass is 519 g/mol. The number of nitrogens with one attached hydrogen (secondary N) is 1. The summed E-state index contributed by atoms with van der Waals surface area (Å²) in [7, 11) is 4.72. The van der Waals surface area contributed by atoms with Crippen molar-refractivity contribution in [3.63, 3.8) is 0 Å². The van der Waals surface area contributed by atoms with E-state index in [0.717, 1.165) is 4.70 Å². The molecule has 0 aliphatic carbocycles. The van der Waals surface area contributed by atoms with E-state index < -0.39 is 12.0 Å². The average Bonchev–Trinajstić information content (AvgIpc) is 3.32. The molecule has 0 bridgehead atoms. The minimum atomic E-state index is -0.989. The lowest BCUT2D eigenvalue weighted by molar-refractivity contribution is -0.123. The zero-order chi connectivity index (χ0) is 26.2. The van der Waals surface area contributed by atoms with Gasteiger partial charge in [0.2, 0.25) is 6.10 Å². The van der Waals surface area contributed by atoms with E-state index >= 15 is 0 Å². The molecular formula is C27H25N3O6S. The van der Waals surface area contributed by atoms with Crippen LogP contribution < -0.4 is 24.3 Å². The second-order valence-corrected chi connectivity index (χ2v) is 8.76. The molecule has 0 saturated heterocycles. The molecule has 1 unspecified atom stereocenters. The molecule has 1 aromatic heterocycles. The van der Waals surface area contributed by atoms with Gasteiger partial charge in [-0.2, -0.15) is 5.26 Å². The van der Waals surface area contributed by atoms with E-state index in [-0.39, 0.29) is 0 Å². The third kappa shape index (κ3) is 6.27. The number of carbonyl (C=O) groups excluding carboxylic acids is 1. The Kier molecular flexibility index (Phi) is 8.40. The number of hydrogen-bond donors (Lipinski definition) is 1. The first-order chi connectivity index (χ1) is 18.0. The lowest BCUT2D eigenvalue weighted by Crippen LogP contribution is -2.25. The Morgan fingerprint density at radius 3 is 2.30 bits per heavy atom. The highest BCUT2D eigenvalue weighted by atomic mass is 32.1. The molecule has 4 rings (SSSR count). The number of hydrogen-bond acceptors (Lipinski definition) is 9. The zero-order valence-corrected chi connectivity index (χ0v) is 21.3. The Morgan fingerprint density at radius 1 is 0.973 bits per heavy atom. The molecule has 9 nitrogen and oxygen atoms in total. The highest BCUT2D eigenvalue weighted by Crippen LogP contribution is 2.36. The van der Waals surface area contributed by atoms with E-state index in [1.807, 2.05) is 6.07 Å². The molecule has 1 N–H and O–H groups in total. The van der Waals surface area contributed by atoms with Crippen LogP contribution in [0, 0.1) is 11.3 Å². The highest BCUT2D eigenvalue weighted by molar-refractivity contribution is 7.22. The van der Waals surface area contributed by atoms with Crippen LogP contribution in [0.2, 0.25) is 0 Å². The fourth-order valence-corrected chi connectivity index (χ4v) is 4.36. The van der Waals surface area contributed by atoms with Crippen LogP contribution in [0.4, 0.5) is 5.13 Å². The second kappa shape index (κ2) is 12.1. The van der Waals surface area contributed by atoms with E-state index in [1.165, 1.54) is 11.3 Å². The molecule has 0 radical (unpaired) electrons. The zero-order valence-electron chi connectivity index (χ0n) is 20.5. The van der Waals surface area contributed by atoms with Crippen molar-refractivity contribution in [1.29, 1.82) is 5.26 Å². The lowest BCUT2D eigenvalue weighted by Gasteiger charge is -2.19. The molecule has 4 aromatic rings. The number of nitriles is 1. The van der Waals surface area contributed by atoms with Gasteiger partial charge in [0.05, 0.1) is 42.7 Å². The smallest absolute Gasteiger partial charge is 0.271 e. The normalized spacial score (nSPS) is 11.4. The third-order valence-corrected chi connectivity index (χ3v) is 6.27. The molecule has 0 spiro atoms. The van der Waals surface area contributed by atoms with Gasteiger partial charge in [0.15, 0.2) is 16.6 Å². The molecule has 0 aliphatic heterocycles. The van der Waals surface area contributed by atoms with Gasteiger partial charge in [0.1, 0.15) is 18.1 Å². The summed E-state index contributed by atoms with van der Waals surface area (Å²) in [6.07, 6.45) is -0.989. The van der Waals surface area contributed by atoms with Crippen LogP contribution in [-0.4, -0.2) is 45.4 Å². The van der Waals surface area contributed by atoms with Crippen molar-refractivity contribution >= 4 is 32.6 Å². The molecule has 3 aromatic carbocycles. The van der Waals surface area contributed by atoms with Gasteiger partial charge in [-0.1, -0.05) is 23.5 Å². The standard InChI is InChI=1S/C27H25N3O6S/c1-32-12-13-35-19-10-6-18(7-11-19)25(36-20-8-4-17(16-28)5-9-20)26(31)30-27-29-21-14-22(33-2)23(34-3)15-24(21)37-27/h4-11,14-15,25H,12-13H2,1-3H3,(H,29,30,31). The minimum absolute atomic E-state index is 0.406. The molecule has 1 atom stereocenters. The summed E-state index contributed by atoms with van der Waals surface area (Å²) in [5.74, 6) is 1.81. The van der Waals surface area contributed by atoms with Crippen LogP contribution in [0.15, 0.2) is 60.7 Å². The Balaban J connectivity index is 1.59. The van der Waals surface area contributed by atoms with Crippen LogP contribution >= 0.6 is 11.3 Å². The van der Waals surface area contributed by atoms with E-state index in [4.69, 9.17) is 28.9 Å². The summed E-state index contributed by atoms with van der Waals surface area (Å²) in [5, 5.41) is 12.3. The number of carbonyl (C=O) groups is 1. The van der Waals surface area contributed by atoms with Crippen molar-refractivity contribution in [1.82, 2.24) is 4.98 Å². The Bertz CT molecular complexity index is 1360. The summed E-state index contributed by atoms with van der Waals surface area (Å²) in [6.45, 7) is 0.878. The van der Waals surface area contributed by atoms with Crippen molar-refractivity contribution in [3.8, 4) is 29.1 Å². The number of anilines is 1. The first kappa shape index (κ1) is 25.8. The maximum atomic E-state index is 13.4. The Labute approximate surface area is 218 Å². The van der Waals surface area contributed by atoms with Gasteiger partial charge in [-0.15, -0.1) is 0 Å². The summed E-state index contributed by atoms with van der Waals surface area (Å²) in [6, 6.07) is 19.3. The van der Waals surface area contributed by atoms with Crippen molar-refractivity contribution < 1.29 is 28.5 Å². The Hall–Kier alpha value is -4.33. The van der Waals surface area contributed by atoms with Gasteiger partial charge in [0.25, 0.3) is 5.91 Å². The molecule has 10 heteroatoms. The van der Waals surface area contributed by atoms with Crippen molar-refractivity contribution in [3.05, 3.63) is 71.8 Å². The first-order valence-corrected chi connectivity index (χ1v) is 12.1. The number of rotatable bonds is 11. The van der Waals surface area contributed by atoms with Gasteiger partial charge < -0.3 is 23.7 Å². The van der Waals surface area contributed by atoms with Gasteiger partial charge in [0, 0.05) is 24.8 Å². The lowest BCUT2D eigenvalue weighted by atomic mass is 10.1. The largest absolute Gasteiger partial charge is 0.493 e. The highest BCUT2D eigenvalue weighted by Gasteiger charge is 2.25. The molecule has 37 heavy (non-hydrogen) atoms. The van der Waals surface area contributed by atoms with Crippen LogP contribution in [-0.2, 0) is 9.53 Å². The van der Waals surface area contributed by atoms with Crippen molar-refractivity contribution in [2.24, 2.45) is 0 Å². The summed E-state index contributed by atoms with van der Waals surface area (Å²) < 4.78 is 28.2. The molecule has 0 saturated carbocycles. The third-order valence-electron chi connectivity index (χ3n) is 5.34. The number of ether oxygens (including phenoxy) is 5. The average molecular weight is 520 g/mol. The molecule has 0 fully saturated rings. The van der Waals surface area contributed by atoms with Gasteiger partial charge in [-0.25, -0.2) is 4.98 Å². The summed E-state index contributed by atoms with van der Waals surface area (Å²) in [5.41, 5.74) is 1.77. The van der Waals surface area contributed by atoms with Crippen LogP contribution in [0.1, 0.15) is 17.2 Å². The number of fused-ring (bicyclic) bond motifs is 1. The maximum absolute atomic E-state index is 13.4. The van der Waals surface area contributed by atoms with Crippen LogP contribution in [0.25, 0.3) is 10.2 Å². The summed E-state index contributed by atoms with van der Waals surface area (Å²) >= 11 is 1.31. The Morgan fingerprint density at radius 2 is 1.65 bits per heavy atom.